The van der Waals surface area contributed by atoms with E-state index in [2.05, 4.69) is 10.1 Å². The number of hydrogen-bond acceptors (Lipinski definition) is 3. The van der Waals surface area contributed by atoms with E-state index >= 15 is 0 Å². The third-order valence-electron chi connectivity index (χ3n) is 2.62. The van der Waals surface area contributed by atoms with Gasteiger partial charge in [-0.3, -0.25) is 0 Å². The quantitative estimate of drug-likeness (QED) is 0.654. The van der Waals surface area contributed by atoms with Gasteiger partial charge in [-0.1, -0.05) is 12.1 Å². The second-order valence-corrected chi connectivity index (χ2v) is 3.76. The van der Waals surface area contributed by atoms with Crippen LogP contribution in [0.1, 0.15) is 5.56 Å². The van der Waals surface area contributed by atoms with Crippen molar-refractivity contribution >= 4 is 11.0 Å². The molecule has 0 N–H and O–H groups in total. The van der Waals surface area contributed by atoms with Crippen molar-refractivity contribution in [3.8, 4) is 11.8 Å². The van der Waals surface area contributed by atoms with Gasteiger partial charge in [-0.05, 0) is 18.2 Å². The normalized spacial score (nSPS) is 10.4. The van der Waals surface area contributed by atoms with Crippen LogP contribution < -0.4 is 0 Å². The number of nitrogens with zero attached hydrogens (tertiary/aromatic N) is 4. The molecule has 5 heteroatoms. The lowest BCUT2D eigenvalue weighted by Crippen LogP contribution is -2.00. The molecule has 2 aromatic heterocycles. The van der Waals surface area contributed by atoms with Gasteiger partial charge in [0, 0.05) is 11.6 Å². The van der Waals surface area contributed by atoms with Crippen LogP contribution in [0.25, 0.3) is 16.7 Å². The van der Waals surface area contributed by atoms with Gasteiger partial charge in [0.1, 0.15) is 17.6 Å². The van der Waals surface area contributed by atoms with Crippen LogP contribution in [-0.2, 0) is 0 Å². The Labute approximate surface area is 102 Å². The van der Waals surface area contributed by atoms with Crippen LogP contribution >= 0.6 is 0 Å². The maximum absolute atomic E-state index is 13.7. The lowest BCUT2D eigenvalue weighted by molar-refractivity contribution is 0.612. The predicted molar refractivity (Wildman–Crippen MR) is 63.5 cm³/mol. The topological polar surface area (TPSA) is 54.5 Å². The average molecular weight is 238 g/mol. The molecule has 0 aliphatic carbocycles. The SMILES string of the molecule is N#Cc1cnc2c(cnn2-c2ccccc2F)c1. The van der Waals surface area contributed by atoms with Gasteiger partial charge in [0.25, 0.3) is 0 Å². The molecule has 0 aliphatic heterocycles. The number of fused-ring (bicyclic) bond motifs is 1. The van der Waals surface area contributed by atoms with Crippen molar-refractivity contribution in [1.29, 1.82) is 5.26 Å². The van der Waals surface area contributed by atoms with Gasteiger partial charge >= 0.3 is 0 Å². The molecule has 4 nitrogen and oxygen atoms in total. The molecule has 1 aromatic carbocycles. The second kappa shape index (κ2) is 3.93. The fourth-order valence-electron chi connectivity index (χ4n) is 1.78. The maximum Gasteiger partial charge on any atom is 0.163 e. The number of pyridine rings is 1. The monoisotopic (exact) mass is 238 g/mol. The van der Waals surface area contributed by atoms with Crippen molar-refractivity contribution in [2.24, 2.45) is 0 Å². The number of aromatic nitrogens is 3. The molecule has 86 valence electrons. The minimum atomic E-state index is -0.367. The summed E-state index contributed by atoms with van der Waals surface area (Å²) < 4.78 is 15.1. The average Bonchev–Trinajstić information content (AvgIpc) is 2.82. The fraction of sp³-hybridized carbons (Fsp3) is 0. The molecule has 0 amide bonds. The number of benzene rings is 1. The summed E-state index contributed by atoms with van der Waals surface area (Å²) in [6.45, 7) is 0. The highest BCUT2D eigenvalue weighted by Gasteiger charge is 2.10. The Morgan fingerprint density at radius 2 is 2.06 bits per heavy atom. The molecule has 0 radical (unpaired) electrons. The first kappa shape index (κ1) is 10.4. The second-order valence-electron chi connectivity index (χ2n) is 3.76. The Bertz CT molecular complexity index is 770. The molecule has 18 heavy (non-hydrogen) atoms. The lowest BCUT2D eigenvalue weighted by atomic mass is 10.2. The largest absolute Gasteiger partial charge is 0.235 e. The zero-order chi connectivity index (χ0) is 12.5. The zero-order valence-corrected chi connectivity index (χ0v) is 9.21. The number of rotatable bonds is 1. The van der Waals surface area contributed by atoms with Gasteiger partial charge in [0.05, 0.1) is 11.8 Å². The highest BCUT2D eigenvalue weighted by Crippen LogP contribution is 2.19. The van der Waals surface area contributed by atoms with E-state index in [0.29, 0.717) is 22.3 Å². The van der Waals surface area contributed by atoms with Gasteiger partial charge in [-0.25, -0.2) is 14.1 Å². The van der Waals surface area contributed by atoms with Crippen LogP contribution in [0, 0.1) is 17.1 Å². The summed E-state index contributed by atoms with van der Waals surface area (Å²) in [5, 5.41) is 13.6. The van der Waals surface area contributed by atoms with E-state index in [-0.39, 0.29) is 5.82 Å². The summed E-state index contributed by atoms with van der Waals surface area (Å²) in [6.07, 6.45) is 3.01. The summed E-state index contributed by atoms with van der Waals surface area (Å²) in [5.41, 5.74) is 1.32. The number of halogens is 1. The van der Waals surface area contributed by atoms with E-state index in [9.17, 15) is 4.39 Å². The molecule has 0 atom stereocenters. The summed E-state index contributed by atoms with van der Waals surface area (Å²) in [7, 11) is 0. The first-order valence-corrected chi connectivity index (χ1v) is 5.28. The molecule has 0 aliphatic rings. The Hall–Kier alpha value is -2.74. The van der Waals surface area contributed by atoms with Gasteiger partial charge in [-0.2, -0.15) is 10.4 Å². The molecule has 3 rings (SSSR count). The van der Waals surface area contributed by atoms with E-state index in [1.807, 2.05) is 6.07 Å². The minimum absolute atomic E-state index is 0.338. The molecule has 2 heterocycles. The molecule has 0 spiro atoms. The van der Waals surface area contributed by atoms with Crippen LogP contribution in [0.5, 0.6) is 0 Å². The lowest BCUT2D eigenvalue weighted by Gasteiger charge is -2.03. The predicted octanol–water partition coefficient (Wildman–Crippen LogP) is 2.43. The molecule has 0 fully saturated rings. The van der Waals surface area contributed by atoms with Crippen LogP contribution in [0.4, 0.5) is 4.39 Å². The summed E-state index contributed by atoms with van der Waals surface area (Å²) in [4.78, 5) is 4.14. The fourth-order valence-corrected chi connectivity index (χ4v) is 1.78. The number of para-hydroxylation sites is 1. The molecule has 0 bridgehead atoms. The van der Waals surface area contributed by atoms with E-state index in [1.54, 1.807) is 30.5 Å². The van der Waals surface area contributed by atoms with Crippen LogP contribution in [0.2, 0.25) is 0 Å². The van der Waals surface area contributed by atoms with E-state index in [1.165, 1.54) is 16.9 Å². The zero-order valence-electron chi connectivity index (χ0n) is 9.21. The van der Waals surface area contributed by atoms with Crippen molar-refractivity contribution < 1.29 is 4.39 Å². The van der Waals surface area contributed by atoms with Crippen molar-refractivity contribution in [2.45, 2.75) is 0 Å². The summed E-state index contributed by atoms with van der Waals surface area (Å²) >= 11 is 0. The Kier molecular flexibility index (Phi) is 2.27. The van der Waals surface area contributed by atoms with E-state index in [0.717, 1.165) is 0 Å². The molecule has 3 aromatic rings. The third-order valence-corrected chi connectivity index (χ3v) is 2.62. The van der Waals surface area contributed by atoms with E-state index in [4.69, 9.17) is 5.26 Å². The maximum atomic E-state index is 13.7. The van der Waals surface area contributed by atoms with Gasteiger partial charge in [0.2, 0.25) is 0 Å². The molecular weight excluding hydrogens is 231 g/mol. The van der Waals surface area contributed by atoms with Crippen LogP contribution in [0.3, 0.4) is 0 Å². The van der Waals surface area contributed by atoms with Crippen molar-refractivity contribution in [2.75, 3.05) is 0 Å². The minimum Gasteiger partial charge on any atom is -0.235 e. The van der Waals surface area contributed by atoms with Crippen molar-refractivity contribution in [3.63, 3.8) is 0 Å². The Morgan fingerprint density at radius 3 is 2.83 bits per heavy atom. The Balaban J connectivity index is 2.26. The highest BCUT2D eigenvalue weighted by molar-refractivity contribution is 5.77. The van der Waals surface area contributed by atoms with Crippen LogP contribution in [0.15, 0.2) is 42.7 Å². The summed E-state index contributed by atoms with van der Waals surface area (Å²) in [6, 6.07) is 10.0. The third kappa shape index (κ3) is 1.52. The van der Waals surface area contributed by atoms with Crippen molar-refractivity contribution in [1.82, 2.24) is 14.8 Å². The number of hydrogen-bond donors (Lipinski definition) is 0. The summed E-state index contributed by atoms with van der Waals surface area (Å²) in [5.74, 6) is -0.367. The standard InChI is InChI=1S/C13H7FN4/c14-11-3-1-2-4-12(11)18-13-10(8-17-18)5-9(6-15)7-16-13/h1-5,7-8H. The first-order valence-electron chi connectivity index (χ1n) is 5.28. The molecule has 0 unspecified atom stereocenters. The van der Waals surface area contributed by atoms with Gasteiger partial charge < -0.3 is 0 Å². The van der Waals surface area contributed by atoms with Gasteiger partial charge in [0.15, 0.2) is 5.65 Å². The highest BCUT2D eigenvalue weighted by atomic mass is 19.1. The van der Waals surface area contributed by atoms with Gasteiger partial charge in [-0.15, -0.1) is 0 Å². The smallest absolute Gasteiger partial charge is 0.163 e. The van der Waals surface area contributed by atoms with Crippen molar-refractivity contribution in [3.05, 3.63) is 54.1 Å². The number of nitriles is 1. The van der Waals surface area contributed by atoms with E-state index < -0.39 is 0 Å². The van der Waals surface area contributed by atoms with Crippen LogP contribution in [-0.4, -0.2) is 14.8 Å². The molecule has 0 saturated carbocycles. The molecule has 0 saturated heterocycles. The molecular formula is C13H7FN4. The Morgan fingerprint density at radius 1 is 1.22 bits per heavy atom. The first-order chi connectivity index (χ1) is 8.79.